The first-order valence-electron chi connectivity index (χ1n) is 10.7. The molecule has 0 aliphatic rings. The Hall–Kier alpha value is -4.62. The predicted octanol–water partition coefficient (Wildman–Crippen LogP) is 3.91. The van der Waals surface area contributed by atoms with Gasteiger partial charge in [-0.25, -0.2) is 9.97 Å². The summed E-state index contributed by atoms with van der Waals surface area (Å²) < 4.78 is 51.8. The summed E-state index contributed by atoms with van der Waals surface area (Å²) in [7, 11) is 1.43. The number of aryl methyl sites for hydroxylation is 1. The van der Waals surface area contributed by atoms with Crippen LogP contribution in [0.4, 0.5) is 42.0 Å². The molecule has 2 heterocycles. The molecular weight excluding hydrogens is 495 g/mol. The molecule has 0 saturated carbocycles. The predicted molar refractivity (Wildman–Crippen MR) is 129 cm³/mol. The van der Waals surface area contributed by atoms with E-state index in [2.05, 4.69) is 30.9 Å². The van der Waals surface area contributed by atoms with Crippen molar-refractivity contribution in [3.05, 3.63) is 47.8 Å². The van der Waals surface area contributed by atoms with Crippen LogP contribution in [0.2, 0.25) is 0 Å². The monoisotopic (exact) mass is 519 g/mol. The van der Waals surface area contributed by atoms with Gasteiger partial charge in [-0.1, -0.05) is 0 Å². The molecule has 1 atom stereocenters. The summed E-state index contributed by atoms with van der Waals surface area (Å²) in [5, 5.41) is 7.98. The molecule has 0 fully saturated rings. The maximum Gasteiger partial charge on any atom is 0.421 e. The zero-order valence-electron chi connectivity index (χ0n) is 20.2. The topological polar surface area (TPSA) is 153 Å². The maximum atomic E-state index is 13.8. The number of carbonyl (C=O) groups is 2. The Morgan fingerprint density at radius 2 is 1.78 bits per heavy atom. The molecule has 3 aromatic rings. The fraction of sp³-hybridized carbons (Fsp3) is 0.261. The lowest BCUT2D eigenvalue weighted by Gasteiger charge is -2.18. The number of ether oxygens (including phenoxy) is 2. The molecule has 2 aromatic heterocycles. The van der Waals surface area contributed by atoms with Crippen LogP contribution in [0.25, 0.3) is 0 Å². The standard InChI is InChI=1S/C23H24F3N7O4/c1-11-9-28-19(36-4)8-17(11)32-22-29-10-15(23(24,25)26)21(33-22)31-16-6-5-14(37-12(2)20(27)35)7-18(16)30-13(3)34/h5-10,12H,1-4H3,(H2,27,35)(H,30,34)(H2,28,29,31,32,33)/t12-/m0/s1. The van der Waals surface area contributed by atoms with Crippen LogP contribution in [0.3, 0.4) is 0 Å². The molecule has 37 heavy (non-hydrogen) atoms. The van der Waals surface area contributed by atoms with Crippen molar-refractivity contribution in [2.24, 2.45) is 5.73 Å². The number of methoxy groups -OCH3 is 1. The number of amides is 2. The zero-order valence-corrected chi connectivity index (χ0v) is 20.2. The fourth-order valence-electron chi connectivity index (χ4n) is 3.00. The molecule has 0 bridgehead atoms. The van der Waals surface area contributed by atoms with E-state index in [0.717, 1.165) is 0 Å². The number of nitrogens with zero attached hydrogens (tertiary/aromatic N) is 3. The lowest BCUT2D eigenvalue weighted by molar-refractivity contribution is -0.137. The number of hydrogen-bond donors (Lipinski definition) is 4. The Labute approximate surface area is 209 Å². The van der Waals surface area contributed by atoms with Crippen LogP contribution in [0.1, 0.15) is 25.0 Å². The Kier molecular flexibility index (Phi) is 8.00. The molecule has 196 valence electrons. The first kappa shape index (κ1) is 27.0. The molecule has 3 rings (SSSR count). The number of hydrogen-bond acceptors (Lipinski definition) is 9. The van der Waals surface area contributed by atoms with Crippen molar-refractivity contribution in [1.82, 2.24) is 15.0 Å². The molecule has 0 radical (unpaired) electrons. The summed E-state index contributed by atoms with van der Waals surface area (Å²) in [6.07, 6.45) is -3.61. The molecule has 0 unspecified atom stereocenters. The van der Waals surface area contributed by atoms with Gasteiger partial charge in [0.2, 0.25) is 17.7 Å². The molecule has 0 spiro atoms. The van der Waals surface area contributed by atoms with E-state index >= 15 is 0 Å². The summed E-state index contributed by atoms with van der Waals surface area (Å²) in [5.41, 5.74) is 5.37. The molecular formula is C23H24F3N7O4. The molecule has 14 heteroatoms. The van der Waals surface area contributed by atoms with Crippen molar-refractivity contribution in [1.29, 1.82) is 0 Å². The first-order chi connectivity index (χ1) is 17.4. The minimum absolute atomic E-state index is 0.0752. The second-order valence-electron chi connectivity index (χ2n) is 7.80. The van der Waals surface area contributed by atoms with Gasteiger partial charge >= 0.3 is 6.18 Å². The number of nitrogens with two attached hydrogens (primary N) is 1. The van der Waals surface area contributed by atoms with Crippen molar-refractivity contribution in [3.8, 4) is 11.6 Å². The van der Waals surface area contributed by atoms with E-state index < -0.39 is 35.5 Å². The van der Waals surface area contributed by atoms with Gasteiger partial charge in [-0.05, 0) is 31.5 Å². The number of alkyl halides is 3. The minimum Gasteiger partial charge on any atom is -0.481 e. The second kappa shape index (κ2) is 11.0. The number of anilines is 5. The van der Waals surface area contributed by atoms with Gasteiger partial charge in [-0.3, -0.25) is 9.59 Å². The fourth-order valence-corrected chi connectivity index (χ4v) is 3.00. The van der Waals surface area contributed by atoms with Crippen molar-refractivity contribution in [2.75, 3.05) is 23.1 Å². The Morgan fingerprint density at radius 3 is 2.41 bits per heavy atom. The van der Waals surface area contributed by atoms with Gasteiger partial charge in [-0.15, -0.1) is 0 Å². The van der Waals surface area contributed by atoms with E-state index in [9.17, 15) is 22.8 Å². The smallest absolute Gasteiger partial charge is 0.421 e. The van der Waals surface area contributed by atoms with Crippen molar-refractivity contribution in [2.45, 2.75) is 33.1 Å². The van der Waals surface area contributed by atoms with Crippen molar-refractivity contribution >= 4 is 40.6 Å². The van der Waals surface area contributed by atoms with Crippen LogP contribution in [0.15, 0.2) is 36.7 Å². The van der Waals surface area contributed by atoms with E-state index in [0.29, 0.717) is 17.4 Å². The van der Waals surface area contributed by atoms with Gasteiger partial charge < -0.3 is 31.2 Å². The van der Waals surface area contributed by atoms with Crippen LogP contribution < -0.4 is 31.2 Å². The van der Waals surface area contributed by atoms with E-state index in [-0.39, 0.29) is 29.0 Å². The molecule has 1 aromatic carbocycles. The first-order valence-corrected chi connectivity index (χ1v) is 10.7. The lowest BCUT2D eigenvalue weighted by atomic mass is 10.2. The van der Waals surface area contributed by atoms with E-state index in [1.807, 2.05) is 0 Å². The summed E-state index contributed by atoms with van der Waals surface area (Å²) in [6.45, 7) is 4.39. The van der Waals surface area contributed by atoms with Crippen LogP contribution in [0, 0.1) is 6.92 Å². The van der Waals surface area contributed by atoms with E-state index in [1.165, 1.54) is 45.4 Å². The largest absolute Gasteiger partial charge is 0.481 e. The van der Waals surface area contributed by atoms with Gasteiger partial charge in [0.05, 0.1) is 24.2 Å². The van der Waals surface area contributed by atoms with Crippen molar-refractivity contribution in [3.63, 3.8) is 0 Å². The minimum atomic E-state index is -4.79. The number of primary amides is 1. The van der Waals surface area contributed by atoms with Gasteiger partial charge in [0.25, 0.3) is 5.91 Å². The molecule has 0 saturated heterocycles. The number of halogens is 3. The highest BCUT2D eigenvalue weighted by Gasteiger charge is 2.35. The summed E-state index contributed by atoms with van der Waals surface area (Å²) in [4.78, 5) is 34.9. The SMILES string of the molecule is COc1cc(Nc2ncc(C(F)(F)F)c(Nc3ccc(O[C@@H](C)C(N)=O)cc3NC(C)=O)n2)c(C)cn1. The molecule has 2 amide bonds. The quantitative estimate of drug-likeness (QED) is 0.330. The number of pyridine rings is 1. The third kappa shape index (κ3) is 6.96. The average Bonchev–Trinajstić information content (AvgIpc) is 2.81. The second-order valence-corrected chi connectivity index (χ2v) is 7.80. The molecule has 11 nitrogen and oxygen atoms in total. The number of carbonyl (C=O) groups excluding carboxylic acids is 2. The third-order valence-electron chi connectivity index (χ3n) is 4.90. The third-order valence-corrected chi connectivity index (χ3v) is 4.90. The number of rotatable bonds is 9. The highest BCUT2D eigenvalue weighted by Crippen LogP contribution is 2.37. The summed E-state index contributed by atoms with van der Waals surface area (Å²) >= 11 is 0. The number of nitrogens with one attached hydrogen (secondary N) is 3. The van der Waals surface area contributed by atoms with E-state index in [4.69, 9.17) is 15.2 Å². The average molecular weight is 519 g/mol. The Balaban J connectivity index is 2.01. The zero-order chi connectivity index (χ0) is 27.3. The van der Waals surface area contributed by atoms with Crippen LogP contribution >= 0.6 is 0 Å². The highest BCUT2D eigenvalue weighted by molar-refractivity contribution is 5.94. The highest BCUT2D eigenvalue weighted by atomic mass is 19.4. The number of benzene rings is 1. The normalized spacial score (nSPS) is 11.9. The summed E-state index contributed by atoms with van der Waals surface area (Å²) in [6, 6.07) is 5.64. The van der Waals surface area contributed by atoms with Crippen LogP contribution in [-0.2, 0) is 15.8 Å². The summed E-state index contributed by atoms with van der Waals surface area (Å²) in [5.74, 6) is -1.49. The number of aromatic nitrogens is 3. The Bertz CT molecular complexity index is 1320. The van der Waals surface area contributed by atoms with Crippen molar-refractivity contribution < 1.29 is 32.2 Å². The van der Waals surface area contributed by atoms with Gasteiger partial charge in [0.15, 0.2) is 6.10 Å². The molecule has 0 aliphatic carbocycles. The maximum absolute atomic E-state index is 13.8. The molecule has 0 aliphatic heterocycles. The van der Waals surface area contributed by atoms with Crippen LogP contribution in [0.5, 0.6) is 11.6 Å². The van der Waals surface area contributed by atoms with Crippen LogP contribution in [-0.4, -0.2) is 40.0 Å². The van der Waals surface area contributed by atoms with Gasteiger partial charge in [0, 0.05) is 31.5 Å². The van der Waals surface area contributed by atoms with Gasteiger partial charge in [0.1, 0.15) is 17.1 Å². The van der Waals surface area contributed by atoms with Gasteiger partial charge in [-0.2, -0.15) is 18.2 Å². The Morgan fingerprint density at radius 1 is 1.05 bits per heavy atom. The molecule has 5 N–H and O–H groups in total. The van der Waals surface area contributed by atoms with E-state index in [1.54, 1.807) is 13.0 Å². The lowest BCUT2D eigenvalue weighted by Crippen LogP contribution is -2.30.